The van der Waals surface area contributed by atoms with Gasteiger partial charge in [0.2, 0.25) is 0 Å². The topological polar surface area (TPSA) is 52.9 Å². The minimum atomic E-state index is -0.575. The molecule has 0 bridgehead atoms. The predicted molar refractivity (Wildman–Crippen MR) is 70.9 cm³/mol. The van der Waals surface area contributed by atoms with E-state index in [0.717, 1.165) is 0 Å². The Morgan fingerprint density at radius 1 is 1.59 bits per heavy atom. The molecule has 17 heavy (non-hydrogen) atoms. The summed E-state index contributed by atoms with van der Waals surface area (Å²) < 4.78 is 0.636. The molecule has 1 aromatic carbocycles. The van der Waals surface area contributed by atoms with E-state index in [1.54, 1.807) is 32.0 Å². The van der Waals surface area contributed by atoms with E-state index in [1.807, 2.05) is 0 Å². The lowest BCUT2D eigenvalue weighted by Crippen LogP contribution is -2.33. The monoisotopic (exact) mass is 314 g/mol. The second-order valence-electron chi connectivity index (χ2n) is 4.30. The van der Waals surface area contributed by atoms with Crippen molar-refractivity contribution in [1.29, 1.82) is 5.26 Å². The largest absolute Gasteiger partial charge is 0.350 e. The van der Waals surface area contributed by atoms with Crippen LogP contribution in [0.25, 0.3) is 0 Å². The molecule has 3 nitrogen and oxygen atoms in total. The second kappa shape index (κ2) is 5.52. The summed E-state index contributed by atoms with van der Waals surface area (Å²) >= 11 is 9.06. The van der Waals surface area contributed by atoms with E-state index >= 15 is 0 Å². The Morgan fingerprint density at radius 3 is 2.76 bits per heavy atom. The third-order valence-corrected chi connectivity index (χ3v) is 3.06. The zero-order chi connectivity index (χ0) is 13.1. The number of hydrogen-bond acceptors (Lipinski definition) is 2. The predicted octanol–water partition coefficient (Wildman–Crippen LogP) is 3.38. The normalized spacial score (nSPS) is 10.8. The molecule has 0 heterocycles. The Morgan fingerprint density at radius 2 is 2.24 bits per heavy atom. The fraction of sp³-hybridized carbons (Fsp3) is 0.333. The maximum absolute atomic E-state index is 11.8. The first-order chi connectivity index (χ1) is 7.85. The van der Waals surface area contributed by atoms with Crippen LogP contribution >= 0.6 is 27.5 Å². The van der Waals surface area contributed by atoms with Crippen LogP contribution in [0.1, 0.15) is 24.2 Å². The Bertz CT molecular complexity index is 480. The fourth-order valence-corrected chi connectivity index (χ4v) is 1.97. The molecule has 1 amide bonds. The van der Waals surface area contributed by atoms with Gasteiger partial charge in [0, 0.05) is 16.0 Å². The molecule has 0 saturated heterocycles. The van der Waals surface area contributed by atoms with E-state index < -0.39 is 5.41 Å². The molecule has 0 unspecified atom stereocenters. The molecular weight excluding hydrogens is 304 g/mol. The molecule has 0 aliphatic carbocycles. The lowest BCUT2D eigenvalue weighted by atomic mass is 9.96. The highest BCUT2D eigenvalue weighted by Gasteiger charge is 2.19. The number of nitriles is 1. The molecule has 1 N–H and O–H groups in total. The van der Waals surface area contributed by atoms with E-state index in [-0.39, 0.29) is 5.91 Å². The van der Waals surface area contributed by atoms with Crippen LogP contribution in [0.3, 0.4) is 0 Å². The molecule has 0 spiro atoms. The number of nitrogens with one attached hydrogen (secondary N) is 1. The van der Waals surface area contributed by atoms with E-state index in [2.05, 4.69) is 27.3 Å². The van der Waals surface area contributed by atoms with E-state index in [9.17, 15) is 4.79 Å². The first-order valence-electron chi connectivity index (χ1n) is 5.00. The van der Waals surface area contributed by atoms with Gasteiger partial charge in [-0.05, 0) is 48.0 Å². The van der Waals surface area contributed by atoms with Gasteiger partial charge in [-0.3, -0.25) is 4.79 Å². The van der Waals surface area contributed by atoms with Crippen LogP contribution < -0.4 is 5.32 Å². The summed E-state index contributed by atoms with van der Waals surface area (Å²) in [6, 6.07) is 7.07. The summed E-state index contributed by atoms with van der Waals surface area (Å²) in [5, 5.41) is 12.1. The Hall–Kier alpha value is -1.05. The van der Waals surface area contributed by atoms with E-state index in [1.165, 1.54) is 0 Å². The van der Waals surface area contributed by atoms with Crippen molar-refractivity contribution in [3.05, 3.63) is 33.3 Å². The minimum Gasteiger partial charge on any atom is -0.350 e. The zero-order valence-corrected chi connectivity index (χ0v) is 11.9. The van der Waals surface area contributed by atoms with Gasteiger partial charge >= 0.3 is 0 Å². The maximum atomic E-state index is 11.8. The summed E-state index contributed by atoms with van der Waals surface area (Å²) in [7, 11) is 0. The van der Waals surface area contributed by atoms with Gasteiger partial charge in [-0.25, -0.2) is 0 Å². The van der Waals surface area contributed by atoms with Gasteiger partial charge in [0.05, 0.1) is 17.0 Å². The van der Waals surface area contributed by atoms with Crippen molar-refractivity contribution in [2.75, 3.05) is 6.54 Å². The van der Waals surface area contributed by atoms with Crippen LogP contribution in [0.4, 0.5) is 0 Å². The average molecular weight is 316 g/mol. The number of carbonyl (C=O) groups excluding carboxylic acids is 1. The van der Waals surface area contributed by atoms with Crippen molar-refractivity contribution in [2.24, 2.45) is 5.41 Å². The minimum absolute atomic E-state index is 0.225. The highest BCUT2D eigenvalue weighted by molar-refractivity contribution is 9.10. The molecule has 1 rings (SSSR count). The van der Waals surface area contributed by atoms with Crippen molar-refractivity contribution in [3.63, 3.8) is 0 Å². The molecule has 0 aromatic heterocycles. The maximum Gasteiger partial charge on any atom is 0.252 e. The summed E-state index contributed by atoms with van der Waals surface area (Å²) in [5.74, 6) is -0.225. The van der Waals surface area contributed by atoms with Gasteiger partial charge in [-0.15, -0.1) is 0 Å². The molecule has 0 aliphatic rings. The molecule has 5 heteroatoms. The van der Waals surface area contributed by atoms with Gasteiger partial charge < -0.3 is 5.32 Å². The van der Waals surface area contributed by atoms with Crippen LogP contribution in [-0.4, -0.2) is 12.5 Å². The number of hydrogen-bond donors (Lipinski definition) is 1. The summed E-state index contributed by atoms with van der Waals surface area (Å²) in [6.45, 7) is 3.84. The van der Waals surface area contributed by atoms with Gasteiger partial charge in [0.25, 0.3) is 5.91 Å². The Balaban J connectivity index is 2.75. The molecule has 1 aromatic rings. The first kappa shape index (κ1) is 14.0. The second-order valence-corrected chi connectivity index (χ2v) is 5.59. The number of amides is 1. The van der Waals surface area contributed by atoms with Crippen LogP contribution in [0.5, 0.6) is 0 Å². The van der Waals surface area contributed by atoms with Crippen molar-refractivity contribution in [1.82, 2.24) is 5.32 Å². The van der Waals surface area contributed by atoms with Gasteiger partial charge in [-0.1, -0.05) is 11.6 Å². The SMILES string of the molecule is CC(C)(C#N)CNC(=O)c1ccc(Cl)cc1Br. The zero-order valence-electron chi connectivity index (χ0n) is 9.55. The number of carbonyl (C=O) groups is 1. The third-order valence-electron chi connectivity index (χ3n) is 2.17. The van der Waals surface area contributed by atoms with Gasteiger partial charge in [0.1, 0.15) is 0 Å². The number of nitrogens with zero attached hydrogens (tertiary/aromatic N) is 1. The third kappa shape index (κ3) is 4.03. The highest BCUT2D eigenvalue weighted by atomic mass is 79.9. The molecule has 0 atom stereocenters. The molecule has 0 fully saturated rings. The number of halogens is 2. The highest BCUT2D eigenvalue weighted by Crippen LogP contribution is 2.21. The molecule has 0 aliphatic heterocycles. The van der Waals surface area contributed by atoms with E-state index in [0.29, 0.717) is 21.6 Å². The van der Waals surface area contributed by atoms with Crippen molar-refractivity contribution >= 4 is 33.4 Å². The Kier molecular flexibility index (Phi) is 4.55. The average Bonchev–Trinajstić information content (AvgIpc) is 2.26. The fourth-order valence-electron chi connectivity index (χ4n) is 1.11. The van der Waals surface area contributed by atoms with Gasteiger partial charge in [-0.2, -0.15) is 5.26 Å². The van der Waals surface area contributed by atoms with Crippen molar-refractivity contribution in [2.45, 2.75) is 13.8 Å². The summed E-state index contributed by atoms with van der Waals surface area (Å²) in [6.07, 6.45) is 0. The van der Waals surface area contributed by atoms with Crippen LogP contribution in [0.2, 0.25) is 5.02 Å². The van der Waals surface area contributed by atoms with Crippen LogP contribution in [0.15, 0.2) is 22.7 Å². The summed E-state index contributed by atoms with van der Waals surface area (Å²) in [4.78, 5) is 11.8. The smallest absolute Gasteiger partial charge is 0.252 e. The molecule has 0 saturated carbocycles. The Labute approximate surface area is 114 Å². The lowest BCUT2D eigenvalue weighted by molar-refractivity contribution is 0.0943. The quantitative estimate of drug-likeness (QED) is 0.929. The first-order valence-corrected chi connectivity index (χ1v) is 6.17. The number of benzene rings is 1. The lowest BCUT2D eigenvalue weighted by Gasteiger charge is -2.16. The van der Waals surface area contributed by atoms with Crippen molar-refractivity contribution < 1.29 is 4.79 Å². The molecular formula is C12H12BrClN2O. The number of rotatable bonds is 3. The van der Waals surface area contributed by atoms with E-state index in [4.69, 9.17) is 16.9 Å². The molecule has 0 radical (unpaired) electrons. The van der Waals surface area contributed by atoms with Crippen LogP contribution in [0, 0.1) is 16.7 Å². The standard InChI is InChI=1S/C12H12BrClN2O/c1-12(2,6-15)7-16-11(17)9-4-3-8(14)5-10(9)13/h3-5H,7H2,1-2H3,(H,16,17). The summed E-state index contributed by atoms with van der Waals surface area (Å²) in [5.41, 5.74) is -0.0719. The van der Waals surface area contributed by atoms with Crippen molar-refractivity contribution in [3.8, 4) is 6.07 Å². The molecule has 90 valence electrons. The van der Waals surface area contributed by atoms with Crippen LogP contribution in [-0.2, 0) is 0 Å². The van der Waals surface area contributed by atoms with Gasteiger partial charge in [0.15, 0.2) is 0 Å².